The van der Waals surface area contributed by atoms with Gasteiger partial charge < -0.3 is 15.4 Å². The van der Waals surface area contributed by atoms with E-state index in [2.05, 4.69) is 9.97 Å². The van der Waals surface area contributed by atoms with E-state index in [0.717, 1.165) is 18.8 Å². The summed E-state index contributed by atoms with van der Waals surface area (Å²) < 4.78 is 0. The fourth-order valence-corrected chi connectivity index (χ4v) is 1.56. The lowest BCUT2D eigenvalue weighted by Gasteiger charge is -2.15. The molecule has 0 bridgehead atoms. The first-order valence-electron chi connectivity index (χ1n) is 4.55. The Morgan fingerprint density at radius 1 is 1.57 bits per heavy atom. The predicted octanol–water partition coefficient (Wildman–Crippen LogP) is 0.0453. The van der Waals surface area contributed by atoms with Crippen LogP contribution >= 0.6 is 0 Å². The molecule has 0 radical (unpaired) electrons. The number of hydrogen-bond donors (Lipinski definition) is 2. The number of hydrogen-bond acceptors (Lipinski definition) is 5. The van der Waals surface area contributed by atoms with Crippen LogP contribution in [0.5, 0.6) is 0 Å². The highest BCUT2D eigenvalue weighted by Crippen LogP contribution is 2.17. The molecule has 74 valence electrons. The minimum Gasteiger partial charge on any atom is -0.391 e. The van der Waals surface area contributed by atoms with Crippen molar-refractivity contribution in [3.05, 3.63) is 18.1 Å². The standard InChI is InChI=1S/C9H12N4O/c10-4-7-3-9(12-6-11-7)13-2-1-8(14)5-13/h3-4,6,8,10,14H,1-2,5H2. The predicted molar refractivity (Wildman–Crippen MR) is 52.8 cm³/mol. The van der Waals surface area contributed by atoms with Crippen molar-refractivity contribution in [2.24, 2.45) is 0 Å². The topological polar surface area (TPSA) is 73.1 Å². The van der Waals surface area contributed by atoms with E-state index in [9.17, 15) is 5.11 Å². The molecule has 2 rings (SSSR count). The quantitative estimate of drug-likeness (QED) is 0.649. The maximum absolute atomic E-state index is 9.36. The van der Waals surface area contributed by atoms with Crippen molar-refractivity contribution in [2.75, 3.05) is 18.0 Å². The number of anilines is 1. The van der Waals surface area contributed by atoms with E-state index in [1.807, 2.05) is 4.90 Å². The second kappa shape index (κ2) is 3.71. The van der Waals surface area contributed by atoms with Gasteiger partial charge in [0.1, 0.15) is 12.1 Å². The minimum absolute atomic E-state index is 0.256. The molecule has 2 heterocycles. The van der Waals surface area contributed by atoms with E-state index < -0.39 is 0 Å². The third kappa shape index (κ3) is 1.72. The molecule has 1 saturated heterocycles. The first kappa shape index (κ1) is 9.08. The molecule has 1 aliphatic heterocycles. The molecular formula is C9H12N4O. The number of aliphatic hydroxyl groups excluding tert-OH is 1. The van der Waals surface area contributed by atoms with Crippen molar-refractivity contribution in [3.8, 4) is 0 Å². The number of nitrogens with one attached hydrogen (secondary N) is 1. The molecule has 0 aliphatic carbocycles. The van der Waals surface area contributed by atoms with E-state index >= 15 is 0 Å². The second-order valence-electron chi connectivity index (χ2n) is 3.33. The normalized spacial score (nSPS) is 21.2. The average molecular weight is 192 g/mol. The molecule has 1 atom stereocenters. The zero-order chi connectivity index (χ0) is 9.97. The van der Waals surface area contributed by atoms with Crippen LogP contribution in [0, 0.1) is 5.41 Å². The Morgan fingerprint density at radius 3 is 3.07 bits per heavy atom. The Hall–Kier alpha value is -1.49. The first-order valence-corrected chi connectivity index (χ1v) is 4.55. The summed E-state index contributed by atoms with van der Waals surface area (Å²) in [5.74, 6) is 0.787. The summed E-state index contributed by atoms with van der Waals surface area (Å²) in [5.41, 5.74) is 0.594. The van der Waals surface area contributed by atoms with Crippen LogP contribution in [-0.2, 0) is 0 Å². The third-order valence-corrected chi connectivity index (χ3v) is 2.31. The summed E-state index contributed by atoms with van der Waals surface area (Å²) in [7, 11) is 0. The molecule has 14 heavy (non-hydrogen) atoms. The Labute approximate surface area is 81.9 Å². The molecule has 1 aliphatic rings. The number of aliphatic hydroxyl groups is 1. The summed E-state index contributed by atoms with van der Waals surface area (Å²) in [6, 6.07) is 1.76. The smallest absolute Gasteiger partial charge is 0.132 e. The van der Waals surface area contributed by atoms with Crippen LogP contribution in [-0.4, -0.2) is 40.5 Å². The molecule has 5 heteroatoms. The highest BCUT2D eigenvalue weighted by molar-refractivity contribution is 5.75. The van der Waals surface area contributed by atoms with Gasteiger partial charge in [0.2, 0.25) is 0 Å². The zero-order valence-electron chi connectivity index (χ0n) is 7.72. The molecule has 5 nitrogen and oxygen atoms in total. The highest BCUT2D eigenvalue weighted by atomic mass is 16.3. The van der Waals surface area contributed by atoms with Gasteiger partial charge in [-0.05, 0) is 6.42 Å². The Balaban J connectivity index is 2.19. The van der Waals surface area contributed by atoms with Crippen LogP contribution in [0.4, 0.5) is 5.82 Å². The Kier molecular flexibility index (Phi) is 2.41. The lowest BCUT2D eigenvalue weighted by molar-refractivity contribution is 0.198. The third-order valence-electron chi connectivity index (χ3n) is 2.31. The molecule has 1 aromatic rings. The number of β-amino-alcohol motifs (C(OH)–C–C–N with tert-alkyl or cyclic N) is 1. The van der Waals surface area contributed by atoms with Crippen molar-refractivity contribution >= 4 is 12.0 Å². The van der Waals surface area contributed by atoms with Crippen LogP contribution in [0.2, 0.25) is 0 Å². The molecule has 0 aromatic carbocycles. The summed E-state index contributed by atoms with van der Waals surface area (Å²) in [6.45, 7) is 1.43. The van der Waals surface area contributed by atoms with E-state index in [-0.39, 0.29) is 6.10 Å². The van der Waals surface area contributed by atoms with Gasteiger partial charge in [-0.15, -0.1) is 0 Å². The first-order chi connectivity index (χ1) is 6.79. The van der Waals surface area contributed by atoms with E-state index in [0.29, 0.717) is 12.2 Å². The van der Waals surface area contributed by atoms with Gasteiger partial charge in [0.05, 0.1) is 11.8 Å². The van der Waals surface area contributed by atoms with Crippen LogP contribution in [0.1, 0.15) is 12.1 Å². The monoisotopic (exact) mass is 192 g/mol. The van der Waals surface area contributed by atoms with Crippen molar-refractivity contribution in [3.63, 3.8) is 0 Å². The summed E-state index contributed by atoms with van der Waals surface area (Å²) in [6.07, 6.45) is 3.16. The number of aromatic nitrogens is 2. The fourth-order valence-electron chi connectivity index (χ4n) is 1.56. The van der Waals surface area contributed by atoms with Gasteiger partial charge in [-0.3, -0.25) is 0 Å². The van der Waals surface area contributed by atoms with Crippen LogP contribution in [0.15, 0.2) is 12.4 Å². The lowest BCUT2D eigenvalue weighted by Crippen LogP contribution is -2.22. The van der Waals surface area contributed by atoms with Gasteiger partial charge in [0.15, 0.2) is 0 Å². The van der Waals surface area contributed by atoms with Gasteiger partial charge in [-0.25, -0.2) is 9.97 Å². The zero-order valence-corrected chi connectivity index (χ0v) is 7.72. The van der Waals surface area contributed by atoms with Gasteiger partial charge in [-0.1, -0.05) is 0 Å². The lowest BCUT2D eigenvalue weighted by atomic mass is 10.3. The molecule has 1 fully saturated rings. The fraction of sp³-hybridized carbons (Fsp3) is 0.444. The van der Waals surface area contributed by atoms with Crippen LogP contribution < -0.4 is 4.90 Å². The van der Waals surface area contributed by atoms with E-state index in [1.54, 1.807) is 6.07 Å². The maximum Gasteiger partial charge on any atom is 0.132 e. The largest absolute Gasteiger partial charge is 0.391 e. The molecular weight excluding hydrogens is 180 g/mol. The summed E-state index contributed by atoms with van der Waals surface area (Å²) >= 11 is 0. The van der Waals surface area contributed by atoms with E-state index in [4.69, 9.17) is 5.41 Å². The Bertz CT molecular complexity index is 341. The van der Waals surface area contributed by atoms with Gasteiger partial charge >= 0.3 is 0 Å². The molecule has 0 saturated carbocycles. The van der Waals surface area contributed by atoms with Gasteiger partial charge in [0, 0.05) is 25.4 Å². The summed E-state index contributed by atoms with van der Waals surface area (Å²) in [5, 5.41) is 16.4. The van der Waals surface area contributed by atoms with Gasteiger partial charge in [0.25, 0.3) is 0 Å². The average Bonchev–Trinajstić information content (AvgIpc) is 2.65. The number of rotatable bonds is 2. The van der Waals surface area contributed by atoms with Gasteiger partial charge in [-0.2, -0.15) is 0 Å². The van der Waals surface area contributed by atoms with Crippen molar-refractivity contribution in [2.45, 2.75) is 12.5 Å². The highest BCUT2D eigenvalue weighted by Gasteiger charge is 2.21. The second-order valence-corrected chi connectivity index (χ2v) is 3.33. The summed E-state index contributed by atoms with van der Waals surface area (Å²) in [4.78, 5) is 10.0. The Morgan fingerprint density at radius 2 is 2.43 bits per heavy atom. The molecule has 1 aromatic heterocycles. The van der Waals surface area contributed by atoms with Crippen molar-refractivity contribution in [1.82, 2.24) is 9.97 Å². The molecule has 2 N–H and O–H groups in total. The van der Waals surface area contributed by atoms with Crippen molar-refractivity contribution in [1.29, 1.82) is 5.41 Å². The van der Waals surface area contributed by atoms with Crippen molar-refractivity contribution < 1.29 is 5.11 Å². The number of nitrogens with zero attached hydrogens (tertiary/aromatic N) is 3. The maximum atomic E-state index is 9.36. The van der Waals surface area contributed by atoms with Crippen LogP contribution in [0.3, 0.4) is 0 Å². The van der Waals surface area contributed by atoms with Crippen LogP contribution in [0.25, 0.3) is 0 Å². The van der Waals surface area contributed by atoms with E-state index in [1.165, 1.54) is 12.5 Å². The molecule has 1 unspecified atom stereocenters. The minimum atomic E-state index is -0.256. The SMILES string of the molecule is N=Cc1cc(N2CCC(O)C2)ncn1. The molecule has 0 amide bonds. The molecule has 0 spiro atoms.